The Balaban J connectivity index is 3.17. The number of amides is 1. The van der Waals surface area contributed by atoms with Gasteiger partial charge in [0, 0.05) is 19.6 Å². The van der Waals surface area contributed by atoms with Crippen molar-refractivity contribution in [1.82, 2.24) is 5.43 Å². The Hall–Kier alpha value is -0.610. The van der Waals surface area contributed by atoms with Crippen LogP contribution in [0.3, 0.4) is 0 Å². The van der Waals surface area contributed by atoms with E-state index < -0.39 is 0 Å². The zero-order chi connectivity index (χ0) is 10.8. The molecule has 84 valence electrons. The van der Waals surface area contributed by atoms with E-state index in [-0.39, 0.29) is 5.91 Å². The van der Waals surface area contributed by atoms with E-state index in [4.69, 9.17) is 10.6 Å². The van der Waals surface area contributed by atoms with E-state index in [1.807, 2.05) is 0 Å². The molecule has 4 nitrogen and oxygen atoms in total. The Bertz CT molecular complexity index is 151. The lowest BCUT2D eigenvalue weighted by atomic mass is 10.1. The SMILES string of the molecule is CCCC(C)COCCCC(=O)NN. The first-order valence-corrected chi connectivity index (χ1v) is 5.27. The van der Waals surface area contributed by atoms with E-state index in [1.165, 1.54) is 12.8 Å². The third kappa shape index (κ3) is 8.01. The van der Waals surface area contributed by atoms with Crippen molar-refractivity contribution in [2.24, 2.45) is 11.8 Å². The molecule has 0 aromatic carbocycles. The van der Waals surface area contributed by atoms with E-state index in [1.54, 1.807) is 0 Å². The molecule has 0 saturated carbocycles. The monoisotopic (exact) mass is 202 g/mol. The fraction of sp³-hybridized carbons (Fsp3) is 0.900. The van der Waals surface area contributed by atoms with Crippen LogP contribution in [0.25, 0.3) is 0 Å². The average Bonchev–Trinajstić information content (AvgIpc) is 2.17. The fourth-order valence-corrected chi connectivity index (χ4v) is 1.27. The van der Waals surface area contributed by atoms with Crippen LogP contribution in [0.2, 0.25) is 0 Å². The maximum absolute atomic E-state index is 10.7. The van der Waals surface area contributed by atoms with E-state index in [2.05, 4.69) is 19.3 Å². The minimum Gasteiger partial charge on any atom is -0.381 e. The Morgan fingerprint density at radius 3 is 2.86 bits per heavy atom. The first-order chi connectivity index (χ1) is 6.70. The predicted octanol–water partition coefficient (Wildman–Crippen LogP) is 1.21. The lowest BCUT2D eigenvalue weighted by Gasteiger charge is -2.10. The molecule has 0 spiro atoms. The largest absolute Gasteiger partial charge is 0.381 e. The molecule has 0 bridgehead atoms. The predicted molar refractivity (Wildman–Crippen MR) is 56.5 cm³/mol. The number of carbonyl (C=O) groups is 1. The summed E-state index contributed by atoms with van der Waals surface area (Å²) in [5, 5.41) is 0. The van der Waals surface area contributed by atoms with Crippen LogP contribution in [0, 0.1) is 5.92 Å². The standard InChI is InChI=1S/C10H22N2O2/c1-3-5-9(2)8-14-7-4-6-10(13)12-11/h9H,3-8,11H2,1-2H3,(H,12,13). The number of nitrogens with one attached hydrogen (secondary N) is 1. The van der Waals surface area contributed by atoms with Gasteiger partial charge in [-0.05, 0) is 18.8 Å². The number of nitrogens with two attached hydrogens (primary N) is 1. The molecule has 0 rings (SSSR count). The van der Waals surface area contributed by atoms with Gasteiger partial charge in [-0.25, -0.2) is 5.84 Å². The number of ether oxygens (including phenoxy) is 1. The number of hydrogen-bond donors (Lipinski definition) is 2. The molecule has 0 heterocycles. The molecular weight excluding hydrogens is 180 g/mol. The second-order valence-corrected chi connectivity index (χ2v) is 3.64. The van der Waals surface area contributed by atoms with Gasteiger partial charge in [0.2, 0.25) is 5.91 Å². The summed E-state index contributed by atoms with van der Waals surface area (Å²) < 4.78 is 5.42. The summed E-state index contributed by atoms with van der Waals surface area (Å²) in [6.07, 6.45) is 3.57. The quantitative estimate of drug-likeness (QED) is 0.269. The number of hydrogen-bond acceptors (Lipinski definition) is 3. The molecule has 0 radical (unpaired) electrons. The Morgan fingerprint density at radius 2 is 2.29 bits per heavy atom. The Morgan fingerprint density at radius 1 is 1.57 bits per heavy atom. The Kier molecular flexibility index (Phi) is 8.57. The van der Waals surface area contributed by atoms with Gasteiger partial charge in [-0.1, -0.05) is 20.3 Å². The molecule has 0 aliphatic rings. The summed E-state index contributed by atoms with van der Waals surface area (Å²) in [7, 11) is 0. The summed E-state index contributed by atoms with van der Waals surface area (Å²) in [4.78, 5) is 10.7. The highest BCUT2D eigenvalue weighted by molar-refractivity contribution is 5.75. The van der Waals surface area contributed by atoms with E-state index in [0.717, 1.165) is 13.0 Å². The van der Waals surface area contributed by atoms with Crippen molar-refractivity contribution in [1.29, 1.82) is 0 Å². The minimum atomic E-state index is -0.129. The molecule has 0 saturated heterocycles. The molecule has 0 aliphatic heterocycles. The molecule has 1 atom stereocenters. The molecular formula is C10H22N2O2. The van der Waals surface area contributed by atoms with Gasteiger partial charge in [-0.3, -0.25) is 10.2 Å². The number of carbonyl (C=O) groups excluding carboxylic acids is 1. The normalized spacial score (nSPS) is 12.5. The van der Waals surface area contributed by atoms with Crippen LogP contribution in [-0.4, -0.2) is 19.1 Å². The van der Waals surface area contributed by atoms with Crippen LogP contribution >= 0.6 is 0 Å². The van der Waals surface area contributed by atoms with Gasteiger partial charge in [0.15, 0.2) is 0 Å². The molecule has 0 aromatic rings. The van der Waals surface area contributed by atoms with E-state index >= 15 is 0 Å². The topological polar surface area (TPSA) is 64.3 Å². The zero-order valence-corrected chi connectivity index (χ0v) is 9.21. The number of hydrazine groups is 1. The maximum Gasteiger partial charge on any atom is 0.233 e. The molecule has 1 unspecified atom stereocenters. The van der Waals surface area contributed by atoms with Gasteiger partial charge in [-0.15, -0.1) is 0 Å². The van der Waals surface area contributed by atoms with Crippen molar-refractivity contribution in [2.45, 2.75) is 39.5 Å². The summed E-state index contributed by atoms with van der Waals surface area (Å²) in [6, 6.07) is 0. The lowest BCUT2D eigenvalue weighted by molar-refractivity contribution is -0.121. The van der Waals surface area contributed by atoms with Gasteiger partial charge >= 0.3 is 0 Å². The first-order valence-electron chi connectivity index (χ1n) is 5.27. The van der Waals surface area contributed by atoms with E-state index in [9.17, 15) is 4.79 Å². The lowest BCUT2D eigenvalue weighted by Crippen LogP contribution is -2.29. The summed E-state index contributed by atoms with van der Waals surface area (Å²) >= 11 is 0. The van der Waals surface area contributed by atoms with Crippen LogP contribution in [0.1, 0.15) is 39.5 Å². The average molecular weight is 202 g/mol. The van der Waals surface area contributed by atoms with Crippen molar-refractivity contribution in [3.05, 3.63) is 0 Å². The third-order valence-electron chi connectivity index (χ3n) is 2.04. The third-order valence-corrected chi connectivity index (χ3v) is 2.04. The van der Waals surface area contributed by atoms with Gasteiger partial charge in [0.05, 0.1) is 0 Å². The molecule has 3 N–H and O–H groups in total. The van der Waals surface area contributed by atoms with Crippen molar-refractivity contribution in [3.63, 3.8) is 0 Å². The van der Waals surface area contributed by atoms with Crippen molar-refractivity contribution < 1.29 is 9.53 Å². The highest BCUT2D eigenvalue weighted by atomic mass is 16.5. The smallest absolute Gasteiger partial charge is 0.233 e. The summed E-state index contributed by atoms with van der Waals surface area (Å²) in [6.45, 7) is 5.78. The van der Waals surface area contributed by atoms with Gasteiger partial charge in [0.25, 0.3) is 0 Å². The molecule has 0 aromatic heterocycles. The second kappa shape index (κ2) is 8.97. The molecule has 14 heavy (non-hydrogen) atoms. The molecule has 4 heteroatoms. The number of rotatable bonds is 8. The van der Waals surface area contributed by atoms with Crippen molar-refractivity contribution >= 4 is 5.91 Å². The van der Waals surface area contributed by atoms with Crippen LogP contribution < -0.4 is 11.3 Å². The van der Waals surface area contributed by atoms with Crippen molar-refractivity contribution in [3.8, 4) is 0 Å². The van der Waals surface area contributed by atoms with Crippen LogP contribution in [0.5, 0.6) is 0 Å². The minimum absolute atomic E-state index is 0.129. The van der Waals surface area contributed by atoms with Crippen molar-refractivity contribution in [2.75, 3.05) is 13.2 Å². The summed E-state index contributed by atoms with van der Waals surface area (Å²) in [5.41, 5.74) is 2.09. The van der Waals surface area contributed by atoms with Crippen LogP contribution in [-0.2, 0) is 9.53 Å². The Labute approximate surface area is 86.2 Å². The summed E-state index contributed by atoms with van der Waals surface area (Å²) in [5.74, 6) is 5.42. The molecule has 0 aliphatic carbocycles. The first kappa shape index (κ1) is 13.4. The van der Waals surface area contributed by atoms with Gasteiger partial charge < -0.3 is 4.74 Å². The van der Waals surface area contributed by atoms with Crippen LogP contribution in [0.4, 0.5) is 0 Å². The molecule has 0 fully saturated rings. The molecule has 1 amide bonds. The van der Waals surface area contributed by atoms with Gasteiger partial charge in [0.1, 0.15) is 0 Å². The fourth-order valence-electron chi connectivity index (χ4n) is 1.27. The van der Waals surface area contributed by atoms with Gasteiger partial charge in [-0.2, -0.15) is 0 Å². The highest BCUT2D eigenvalue weighted by Gasteiger charge is 2.01. The van der Waals surface area contributed by atoms with E-state index in [0.29, 0.717) is 18.9 Å². The highest BCUT2D eigenvalue weighted by Crippen LogP contribution is 2.05. The zero-order valence-electron chi connectivity index (χ0n) is 9.21. The van der Waals surface area contributed by atoms with Crippen LogP contribution in [0.15, 0.2) is 0 Å². The maximum atomic E-state index is 10.7. The second-order valence-electron chi connectivity index (χ2n) is 3.64.